The van der Waals surface area contributed by atoms with Crippen LogP contribution in [0.3, 0.4) is 0 Å². The number of aryl methyl sites for hydroxylation is 1. The Labute approximate surface area is 125 Å². The lowest BCUT2D eigenvalue weighted by atomic mass is 9.95. The minimum absolute atomic E-state index is 0.123. The van der Waals surface area contributed by atoms with Crippen molar-refractivity contribution in [2.45, 2.75) is 37.1 Å². The number of rotatable bonds is 7. The first-order chi connectivity index (χ1) is 9.62. The second-order valence-corrected chi connectivity index (χ2v) is 6.42. The maximum absolute atomic E-state index is 12.3. The number of likely N-dealkylation sites (N-methyl/N-ethyl adjacent to an activating group) is 1. The van der Waals surface area contributed by atoms with Crippen molar-refractivity contribution in [2.24, 2.45) is 5.92 Å². The Kier molecular flexibility index (Phi) is 5.11. The molecule has 0 aliphatic heterocycles. The van der Waals surface area contributed by atoms with E-state index in [1.54, 1.807) is 11.8 Å². The molecule has 0 radical (unpaired) electrons. The second kappa shape index (κ2) is 6.64. The third kappa shape index (κ3) is 3.36. The Balaban J connectivity index is 2.13. The SMILES string of the molecule is CCNC(CSc1cccc(C)c1)(C(=O)OC)C1CC1. The summed E-state index contributed by atoms with van der Waals surface area (Å²) in [6, 6.07) is 8.40. The zero-order chi connectivity index (χ0) is 14.6. The number of hydrogen-bond acceptors (Lipinski definition) is 4. The molecule has 4 heteroatoms. The van der Waals surface area contributed by atoms with E-state index >= 15 is 0 Å². The van der Waals surface area contributed by atoms with E-state index in [2.05, 4.69) is 36.5 Å². The first-order valence-corrected chi connectivity index (χ1v) is 8.14. The Morgan fingerprint density at radius 1 is 1.50 bits per heavy atom. The Morgan fingerprint density at radius 2 is 2.25 bits per heavy atom. The van der Waals surface area contributed by atoms with E-state index in [0.29, 0.717) is 5.92 Å². The molecule has 1 saturated carbocycles. The van der Waals surface area contributed by atoms with Gasteiger partial charge in [-0.3, -0.25) is 4.79 Å². The molecule has 1 N–H and O–H groups in total. The number of benzene rings is 1. The normalized spacial score (nSPS) is 17.6. The van der Waals surface area contributed by atoms with Crippen molar-refractivity contribution in [3.05, 3.63) is 29.8 Å². The highest BCUT2D eigenvalue weighted by Gasteiger charge is 2.51. The molecule has 3 nitrogen and oxygen atoms in total. The molecular formula is C16H23NO2S. The van der Waals surface area contributed by atoms with Gasteiger partial charge in [-0.1, -0.05) is 24.6 Å². The van der Waals surface area contributed by atoms with Gasteiger partial charge in [-0.25, -0.2) is 0 Å². The first-order valence-electron chi connectivity index (χ1n) is 7.15. The van der Waals surface area contributed by atoms with Gasteiger partial charge in [0.25, 0.3) is 0 Å². The third-order valence-electron chi connectivity index (χ3n) is 3.77. The third-order valence-corrected chi connectivity index (χ3v) is 4.96. The number of methoxy groups -OCH3 is 1. The van der Waals surface area contributed by atoms with Gasteiger partial charge in [-0.05, 0) is 44.4 Å². The molecule has 0 saturated heterocycles. The Morgan fingerprint density at radius 3 is 2.80 bits per heavy atom. The van der Waals surface area contributed by atoms with Gasteiger partial charge >= 0.3 is 5.97 Å². The molecule has 1 atom stereocenters. The molecular weight excluding hydrogens is 270 g/mol. The molecule has 110 valence electrons. The van der Waals surface area contributed by atoms with Crippen LogP contribution in [0.4, 0.5) is 0 Å². The average Bonchev–Trinajstić information content (AvgIpc) is 3.27. The number of carbonyl (C=O) groups excluding carboxylic acids is 1. The number of esters is 1. The van der Waals surface area contributed by atoms with Crippen molar-refractivity contribution in [1.29, 1.82) is 0 Å². The average molecular weight is 293 g/mol. The topological polar surface area (TPSA) is 38.3 Å². The van der Waals surface area contributed by atoms with Gasteiger partial charge in [0.1, 0.15) is 5.54 Å². The first kappa shape index (κ1) is 15.4. The molecule has 0 heterocycles. The van der Waals surface area contributed by atoms with Gasteiger partial charge in [-0.2, -0.15) is 0 Å². The lowest BCUT2D eigenvalue weighted by molar-refractivity contribution is -0.148. The number of nitrogens with one attached hydrogen (secondary N) is 1. The molecule has 0 aromatic heterocycles. The summed E-state index contributed by atoms with van der Waals surface area (Å²) in [5.41, 5.74) is 0.714. The van der Waals surface area contributed by atoms with Crippen molar-refractivity contribution in [3.63, 3.8) is 0 Å². The molecule has 1 aliphatic rings. The van der Waals surface area contributed by atoms with Gasteiger partial charge in [0.05, 0.1) is 7.11 Å². The van der Waals surface area contributed by atoms with Crippen molar-refractivity contribution < 1.29 is 9.53 Å². The largest absolute Gasteiger partial charge is 0.468 e. The summed E-state index contributed by atoms with van der Waals surface area (Å²) in [5.74, 6) is 1.01. The highest BCUT2D eigenvalue weighted by molar-refractivity contribution is 7.99. The van der Waals surface area contributed by atoms with Crippen LogP contribution in [-0.2, 0) is 9.53 Å². The van der Waals surface area contributed by atoms with Crippen LogP contribution in [0, 0.1) is 12.8 Å². The highest BCUT2D eigenvalue weighted by Crippen LogP contribution is 2.43. The summed E-state index contributed by atoms with van der Waals surface area (Å²) in [6.07, 6.45) is 2.22. The van der Waals surface area contributed by atoms with Crippen LogP contribution in [0.2, 0.25) is 0 Å². The predicted octanol–water partition coefficient (Wildman–Crippen LogP) is 3.02. The van der Waals surface area contributed by atoms with Gasteiger partial charge < -0.3 is 10.1 Å². The predicted molar refractivity (Wildman–Crippen MR) is 83.1 cm³/mol. The summed E-state index contributed by atoms with van der Waals surface area (Å²) in [7, 11) is 1.48. The van der Waals surface area contributed by atoms with E-state index < -0.39 is 5.54 Å². The zero-order valence-electron chi connectivity index (χ0n) is 12.4. The quantitative estimate of drug-likeness (QED) is 0.619. The molecule has 0 spiro atoms. The summed E-state index contributed by atoms with van der Waals surface area (Å²) < 4.78 is 5.07. The zero-order valence-corrected chi connectivity index (χ0v) is 13.3. The van der Waals surface area contributed by atoms with Crippen LogP contribution in [0.1, 0.15) is 25.3 Å². The summed E-state index contributed by atoms with van der Waals surface area (Å²) in [6.45, 7) is 4.90. The van der Waals surface area contributed by atoms with E-state index in [9.17, 15) is 4.79 Å². The van der Waals surface area contributed by atoms with Crippen molar-refractivity contribution in [1.82, 2.24) is 5.32 Å². The van der Waals surface area contributed by atoms with E-state index in [0.717, 1.165) is 25.1 Å². The van der Waals surface area contributed by atoms with E-state index in [-0.39, 0.29) is 5.97 Å². The van der Waals surface area contributed by atoms with Gasteiger partial charge in [0.15, 0.2) is 0 Å². The highest BCUT2D eigenvalue weighted by atomic mass is 32.2. The molecule has 1 fully saturated rings. The minimum Gasteiger partial charge on any atom is -0.468 e. The van der Waals surface area contributed by atoms with Crippen LogP contribution in [0.5, 0.6) is 0 Å². The molecule has 1 unspecified atom stereocenters. The molecule has 1 aliphatic carbocycles. The second-order valence-electron chi connectivity index (χ2n) is 5.37. The number of carbonyl (C=O) groups is 1. The van der Waals surface area contributed by atoms with E-state index in [1.807, 2.05) is 6.92 Å². The molecule has 20 heavy (non-hydrogen) atoms. The van der Waals surface area contributed by atoms with Crippen molar-refractivity contribution >= 4 is 17.7 Å². The van der Waals surface area contributed by atoms with Crippen LogP contribution < -0.4 is 5.32 Å². The fourth-order valence-electron chi connectivity index (χ4n) is 2.59. The minimum atomic E-state index is -0.530. The van der Waals surface area contributed by atoms with Crippen LogP contribution >= 0.6 is 11.8 Å². The summed E-state index contributed by atoms with van der Waals surface area (Å²) >= 11 is 1.73. The van der Waals surface area contributed by atoms with Gasteiger partial charge in [-0.15, -0.1) is 11.8 Å². The van der Waals surface area contributed by atoms with E-state index in [1.165, 1.54) is 17.6 Å². The smallest absolute Gasteiger partial charge is 0.327 e. The number of thioether (sulfide) groups is 1. The Bertz CT molecular complexity index is 473. The molecule has 2 rings (SSSR count). The lowest BCUT2D eigenvalue weighted by Gasteiger charge is -2.31. The summed E-state index contributed by atoms with van der Waals surface area (Å²) in [5, 5.41) is 3.40. The summed E-state index contributed by atoms with van der Waals surface area (Å²) in [4.78, 5) is 13.5. The van der Waals surface area contributed by atoms with Crippen molar-refractivity contribution in [3.8, 4) is 0 Å². The van der Waals surface area contributed by atoms with Crippen LogP contribution in [0.25, 0.3) is 0 Å². The van der Waals surface area contributed by atoms with E-state index in [4.69, 9.17) is 4.74 Å². The molecule has 1 aromatic rings. The fourth-order valence-corrected chi connectivity index (χ4v) is 3.88. The monoisotopic (exact) mass is 293 g/mol. The van der Waals surface area contributed by atoms with Crippen LogP contribution in [-0.4, -0.2) is 30.9 Å². The lowest BCUT2D eigenvalue weighted by Crippen LogP contribution is -2.56. The fraction of sp³-hybridized carbons (Fsp3) is 0.562. The van der Waals surface area contributed by atoms with Gasteiger partial charge in [0.2, 0.25) is 0 Å². The maximum atomic E-state index is 12.3. The maximum Gasteiger partial charge on any atom is 0.327 e. The van der Waals surface area contributed by atoms with Crippen LogP contribution in [0.15, 0.2) is 29.2 Å². The Hall–Kier alpha value is -1.00. The molecule has 0 bridgehead atoms. The molecule has 1 aromatic carbocycles. The standard InChI is InChI=1S/C16H23NO2S/c1-4-17-16(13-8-9-13,15(18)19-3)11-20-14-7-5-6-12(2)10-14/h5-7,10,13,17H,4,8-9,11H2,1-3H3. The number of ether oxygens (including phenoxy) is 1. The number of hydrogen-bond donors (Lipinski definition) is 1. The van der Waals surface area contributed by atoms with Gasteiger partial charge in [0, 0.05) is 10.6 Å². The van der Waals surface area contributed by atoms with Crippen molar-refractivity contribution in [2.75, 3.05) is 19.4 Å². The molecule has 0 amide bonds.